The van der Waals surface area contributed by atoms with Gasteiger partial charge < -0.3 is 4.74 Å². The van der Waals surface area contributed by atoms with Crippen LogP contribution in [0.2, 0.25) is 0 Å². The molecule has 1 aromatic carbocycles. The van der Waals surface area contributed by atoms with Crippen LogP contribution in [0.1, 0.15) is 16.7 Å². The van der Waals surface area contributed by atoms with E-state index < -0.39 is 0 Å². The number of nitrogens with zero attached hydrogens (tertiary/aromatic N) is 3. The van der Waals surface area contributed by atoms with Crippen molar-refractivity contribution in [1.82, 2.24) is 4.57 Å². The number of methoxy groups -OCH3 is 1. The molecule has 122 valence electrons. The fraction of sp³-hybridized carbons (Fsp3) is 0.278. The summed E-state index contributed by atoms with van der Waals surface area (Å²) < 4.78 is 7.33. The van der Waals surface area contributed by atoms with Crippen molar-refractivity contribution in [2.24, 2.45) is 0 Å². The third kappa shape index (κ3) is 3.62. The zero-order chi connectivity index (χ0) is 17.7. The van der Waals surface area contributed by atoms with E-state index in [-0.39, 0.29) is 11.1 Å². The lowest BCUT2D eigenvalue weighted by Crippen LogP contribution is -2.33. The Labute approximate surface area is 144 Å². The number of ether oxygens (including phenoxy) is 1. The van der Waals surface area contributed by atoms with Crippen LogP contribution in [0.3, 0.4) is 0 Å². The Balaban J connectivity index is 2.76. The Kier molecular flexibility index (Phi) is 5.70. The quantitative estimate of drug-likeness (QED) is 0.838. The van der Waals surface area contributed by atoms with Crippen molar-refractivity contribution in [3.05, 3.63) is 54.4 Å². The molecule has 6 heteroatoms. The number of aromatic nitrogens is 1. The molecule has 5 nitrogen and oxygen atoms in total. The highest BCUT2D eigenvalue weighted by molar-refractivity contribution is 7.07. The molecule has 0 saturated heterocycles. The second kappa shape index (κ2) is 7.74. The van der Waals surface area contributed by atoms with Gasteiger partial charge in [0.05, 0.1) is 17.7 Å². The lowest BCUT2D eigenvalue weighted by atomic mass is 10.1. The summed E-state index contributed by atoms with van der Waals surface area (Å²) in [6.45, 7) is 4.63. The molecule has 0 spiro atoms. The summed E-state index contributed by atoms with van der Waals surface area (Å²) in [5, 5.41) is 18.3. The number of hydrogen-bond acceptors (Lipinski definition) is 5. The van der Waals surface area contributed by atoms with Crippen LogP contribution in [0.25, 0.3) is 11.6 Å². The molecule has 0 aliphatic heterocycles. The fourth-order valence-corrected chi connectivity index (χ4v) is 3.41. The van der Waals surface area contributed by atoms with Gasteiger partial charge in [0.2, 0.25) is 0 Å². The molecule has 0 N–H and O–H groups in total. The Morgan fingerprint density at radius 2 is 2.04 bits per heavy atom. The molecule has 0 fully saturated rings. The number of hydrogen-bond donors (Lipinski definition) is 0. The van der Waals surface area contributed by atoms with Gasteiger partial charge in [-0.25, -0.2) is 0 Å². The standard InChI is InChI=1S/C18H17N3O2S/c1-12-4-5-14(13(2)8-12)9-16-17(22)21(6-7-23-3)18(24-16)15(10-19)11-20/h4-5,8-9H,6-7H2,1-3H3/b16-9+. The molecule has 0 saturated carbocycles. The van der Waals surface area contributed by atoms with Gasteiger partial charge >= 0.3 is 0 Å². The van der Waals surface area contributed by atoms with Crippen molar-refractivity contribution in [1.29, 1.82) is 10.5 Å². The Bertz CT molecular complexity index is 1000. The topological polar surface area (TPSA) is 78.8 Å². The highest BCUT2D eigenvalue weighted by atomic mass is 32.1. The van der Waals surface area contributed by atoms with Gasteiger partial charge in [-0.3, -0.25) is 9.36 Å². The first-order valence-electron chi connectivity index (χ1n) is 7.34. The van der Waals surface area contributed by atoms with Crippen LogP contribution in [-0.4, -0.2) is 18.3 Å². The van der Waals surface area contributed by atoms with Crippen molar-refractivity contribution in [2.75, 3.05) is 13.7 Å². The summed E-state index contributed by atoms with van der Waals surface area (Å²) in [5.41, 5.74) is 2.89. The normalized spacial score (nSPS) is 11.1. The fourth-order valence-electron chi connectivity index (χ4n) is 2.34. The van der Waals surface area contributed by atoms with E-state index in [1.165, 1.54) is 4.57 Å². The maximum Gasteiger partial charge on any atom is 0.269 e. The summed E-state index contributed by atoms with van der Waals surface area (Å²) in [6.07, 6.45) is 1.81. The number of thiazole rings is 1. The monoisotopic (exact) mass is 339 g/mol. The molecule has 0 unspecified atom stereocenters. The highest BCUT2D eigenvalue weighted by Crippen LogP contribution is 2.10. The zero-order valence-electron chi connectivity index (χ0n) is 13.8. The Morgan fingerprint density at radius 3 is 2.62 bits per heavy atom. The molecular formula is C18H17N3O2S. The van der Waals surface area contributed by atoms with E-state index in [2.05, 4.69) is 0 Å². The summed E-state index contributed by atoms with van der Waals surface area (Å²) in [6, 6.07) is 9.71. The van der Waals surface area contributed by atoms with E-state index >= 15 is 0 Å². The first kappa shape index (κ1) is 17.7. The van der Waals surface area contributed by atoms with Crippen LogP contribution in [0.15, 0.2) is 23.0 Å². The van der Waals surface area contributed by atoms with Crippen LogP contribution in [0, 0.1) is 36.5 Å². The van der Waals surface area contributed by atoms with Crippen molar-refractivity contribution in [2.45, 2.75) is 20.4 Å². The SMILES string of the molecule is COCCn1c(=C(C#N)C#N)s/c(=C/c2ccc(C)cc2C)c1=O. The molecule has 0 bridgehead atoms. The molecule has 2 aromatic rings. The first-order chi connectivity index (χ1) is 11.5. The predicted octanol–water partition coefficient (Wildman–Crippen LogP) is 1.20. The second-order valence-electron chi connectivity index (χ2n) is 5.32. The van der Waals surface area contributed by atoms with Gasteiger partial charge in [-0.2, -0.15) is 10.5 Å². The summed E-state index contributed by atoms with van der Waals surface area (Å²) in [5.74, 6) is 0. The smallest absolute Gasteiger partial charge is 0.269 e. The van der Waals surface area contributed by atoms with Gasteiger partial charge in [0.1, 0.15) is 16.8 Å². The molecule has 0 atom stereocenters. The van der Waals surface area contributed by atoms with Crippen molar-refractivity contribution >= 4 is 23.0 Å². The number of rotatable bonds is 4. The highest BCUT2D eigenvalue weighted by Gasteiger charge is 2.09. The van der Waals surface area contributed by atoms with E-state index in [1.54, 1.807) is 13.2 Å². The van der Waals surface area contributed by atoms with Gasteiger partial charge in [0, 0.05) is 7.11 Å². The minimum absolute atomic E-state index is 0.0616. The Morgan fingerprint density at radius 1 is 1.33 bits per heavy atom. The van der Waals surface area contributed by atoms with Crippen LogP contribution < -0.4 is 14.8 Å². The lowest BCUT2D eigenvalue weighted by Gasteiger charge is -2.01. The van der Waals surface area contributed by atoms with E-state index in [9.17, 15) is 4.79 Å². The van der Waals surface area contributed by atoms with Crippen molar-refractivity contribution < 1.29 is 4.74 Å². The third-order valence-corrected chi connectivity index (χ3v) is 4.71. The minimum Gasteiger partial charge on any atom is -0.383 e. The van der Waals surface area contributed by atoms with Crippen LogP contribution in [0.4, 0.5) is 0 Å². The second-order valence-corrected chi connectivity index (χ2v) is 6.35. The molecule has 1 heterocycles. The van der Waals surface area contributed by atoms with E-state index in [1.807, 2.05) is 44.2 Å². The first-order valence-corrected chi connectivity index (χ1v) is 8.15. The van der Waals surface area contributed by atoms with Gasteiger partial charge in [-0.1, -0.05) is 23.8 Å². The van der Waals surface area contributed by atoms with Crippen LogP contribution in [-0.2, 0) is 11.3 Å². The maximum atomic E-state index is 12.7. The van der Waals surface area contributed by atoms with E-state index in [4.69, 9.17) is 15.3 Å². The number of nitriles is 2. The maximum absolute atomic E-state index is 12.7. The average Bonchev–Trinajstić information content (AvgIpc) is 2.86. The Hall–Kier alpha value is -2.67. The molecule has 24 heavy (non-hydrogen) atoms. The molecule has 0 aliphatic rings. The number of aryl methyl sites for hydroxylation is 2. The van der Waals surface area contributed by atoms with Gasteiger partial charge in [-0.15, -0.1) is 11.3 Å². The van der Waals surface area contributed by atoms with E-state index in [0.29, 0.717) is 22.3 Å². The lowest BCUT2D eigenvalue weighted by molar-refractivity contribution is 0.186. The molecular weight excluding hydrogens is 322 g/mol. The summed E-state index contributed by atoms with van der Waals surface area (Å²) >= 11 is 1.16. The average molecular weight is 339 g/mol. The van der Waals surface area contributed by atoms with E-state index in [0.717, 1.165) is 28.0 Å². The van der Waals surface area contributed by atoms with Crippen LogP contribution in [0.5, 0.6) is 0 Å². The molecule has 0 aliphatic carbocycles. The third-order valence-electron chi connectivity index (χ3n) is 3.58. The van der Waals surface area contributed by atoms with Crippen LogP contribution >= 0.6 is 11.3 Å². The summed E-state index contributed by atoms with van der Waals surface area (Å²) in [4.78, 5) is 12.7. The van der Waals surface area contributed by atoms with Gasteiger partial charge in [-0.05, 0) is 31.1 Å². The summed E-state index contributed by atoms with van der Waals surface area (Å²) in [7, 11) is 1.54. The van der Waals surface area contributed by atoms with Gasteiger partial charge in [0.15, 0.2) is 5.57 Å². The van der Waals surface area contributed by atoms with Crippen molar-refractivity contribution in [3.63, 3.8) is 0 Å². The largest absolute Gasteiger partial charge is 0.383 e. The van der Waals surface area contributed by atoms with Gasteiger partial charge in [0.25, 0.3) is 5.56 Å². The van der Waals surface area contributed by atoms with Crippen molar-refractivity contribution in [3.8, 4) is 12.1 Å². The zero-order valence-corrected chi connectivity index (χ0v) is 14.6. The minimum atomic E-state index is -0.213. The predicted molar refractivity (Wildman–Crippen MR) is 93.8 cm³/mol. The number of benzene rings is 1. The molecule has 2 rings (SSSR count). The molecule has 0 radical (unpaired) electrons. The molecule has 0 amide bonds. The molecule has 1 aromatic heterocycles.